The molecule has 0 atom stereocenters. The molecule has 0 aliphatic heterocycles. The minimum Gasteiger partial charge on any atom is -0.258 e. The van der Waals surface area contributed by atoms with Crippen molar-refractivity contribution >= 4 is 22.7 Å². The number of nitriles is 1. The van der Waals surface area contributed by atoms with Crippen molar-refractivity contribution in [2.45, 2.75) is 13.8 Å². The number of nitro benzene ring substituents is 1. The van der Waals surface area contributed by atoms with Gasteiger partial charge in [0.15, 0.2) is 0 Å². The number of nitro groups is 1. The van der Waals surface area contributed by atoms with Crippen molar-refractivity contribution in [3.8, 4) is 17.3 Å². The fourth-order valence-electron chi connectivity index (χ4n) is 2.59. The molecule has 3 aromatic rings. The molecule has 28 heavy (non-hydrogen) atoms. The number of non-ortho nitro benzene ring substituents is 1. The second kappa shape index (κ2) is 8.41. The van der Waals surface area contributed by atoms with E-state index in [0.29, 0.717) is 12.1 Å². The second-order valence-corrected chi connectivity index (χ2v) is 6.70. The van der Waals surface area contributed by atoms with Crippen LogP contribution in [0.25, 0.3) is 11.3 Å². The molecule has 1 heterocycles. The predicted octanol–water partition coefficient (Wildman–Crippen LogP) is 4.19. The van der Waals surface area contributed by atoms with E-state index in [2.05, 4.69) is 11.1 Å². The van der Waals surface area contributed by atoms with Crippen LogP contribution in [0, 0.1) is 21.4 Å². The van der Waals surface area contributed by atoms with Crippen LogP contribution in [-0.2, 0) is 0 Å². The molecule has 0 fully saturated rings. The standard InChI is InChI=1S/C20H17N5O2S/c1-3-22-20-24(23-14(2)16-6-4-15(12-21)5-7-16)19(13-28-20)17-8-10-18(11-9-17)25(26)27/h4-11,13H,3H2,1-2H3. The molecular weight excluding hydrogens is 374 g/mol. The lowest BCUT2D eigenvalue weighted by Gasteiger charge is -2.06. The SMILES string of the molecule is CCN=c1scc(-c2ccc([N+](=O)[O-])cc2)n1N=C(C)c1ccc(C#N)cc1. The summed E-state index contributed by atoms with van der Waals surface area (Å²) < 4.78 is 1.75. The van der Waals surface area contributed by atoms with Crippen LogP contribution < -0.4 is 4.80 Å². The third-order valence-corrected chi connectivity index (χ3v) is 4.89. The molecule has 7 nitrogen and oxygen atoms in total. The number of hydrogen-bond acceptors (Lipinski definition) is 6. The van der Waals surface area contributed by atoms with Gasteiger partial charge in [0.1, 0.15) is 0 Å². The maximum Gasteiger partial charge on any atom is 0.269 e. The molecule has 0 aliphatic rings. The van der Waals surface area contributed by atoms with Gasteiger partial charge >= 0.3 is 0 Å². The smallest absolute Gasteiger partial charge is 0.258 e. The molecule has 0 unspecified atom stereocenters. The van der Waals surface area contributed by atoms with Gasteiger partial charge in [-0.05, 0) is 43.7 Å². The molecule has 0 bridgehead atoms. The van der Waals surface area contributed by atoms with Crippen LogP contribution in [0.2, 0.25) is 0 Å². The average Bonchev–Trinajstić information content (AvgIpc) is 3.10. The zero-order valence-electron chi connectivity index (χ0n) is 15.4. The molecule has 1 aromatic heterocycles. The molecule has 0 amide bonds. The number of rotatable bonds is 5. The van der Waals surface area contributed by atoms with E-state index >= 15 is 0 Å². The van der Waals surface area contributed by atoms with Gasteiger partial charge in [-0.25, -0.2) is 4.68 Å². The molecule has 0 saturated carbocycles. The lowest BCUT2D eigenvalue weighted by Crippen LogP contribution is -2.14. The molecule has 3 rings (SSSR count). The topological polar surface area (TPSA) is 96.6 Å². The van der Waals surface area contributed by atoms with E-state index in [1.165, 1.54) is 23.5 Å². The summed E-state index contributed by atoms with van der Waals surface area (Å²) in [6.07, 6.45) is 0. The second-order valence-electron chi connectivity index (χ2n) is 5.87. The third-order valence-electron chi connectivity index (χ3n) is 4.03. The Hall–Kier alpha value is -3.57. The molecule has 0 aliphatic carbocycles. The Labute approximate surface area is 165 Å². The van der Waals surface area contributed by atoms with Gasteiger partial charge in [-0.2, -0.15) is 10.4 Å². The first kappa shape index (κ1) is 19.2. The molecule has 0 N–H and O–H groups in total. The van der Waals surface area contributed by atoms with E-state index in [1.807, 2.05) is 31.4 Å². The molecule has 0 radical (unpaired) electrons. The van der Waals surface area contributed by atoms with E-state index in [4.69, 9.17) is 10.4 Å². The monoisotopic (exact) mass is 391 g/mol. The maximum atomic E-state index is 10.9. The van der Waals surface area contributed by atoms with Crippen LogP contribution in [0.4, 0.5) is 5.69 Å². The van der Waals surface area contributed by atoms with Crippen molar-refractivity contribution in [2.24, 2.45) is 10.1 Å². The van der Waals surface area contributed by atoms with Crippen molar-refractivity contribution < 1.29 is 4.92 Å². The number of aromatic nitrogens is 1. The van der Waals surface area contributed by atoms with E-state index in [0.717, 1.165) is 27.3 Å². The zero-order chi connectivity index (χ0) is 20.1. The van der Waals surface area contributed by atoms with Crippen molar-refractivity contribution in [2.75, 3.05) is 6.54 Å². The minimum absolute atomic E-state index is 0.0428. The van der Waals surface area contributed by atoms with Gasteiger partial charge in [0.2, 0.25) is 4.80 Å². The highest BCUT2D eigenvalue weighted by Gasteiger charge is 2.11. The minimum atomic E-state index is -0.420. The predicted molar refractivity (Wildman–Crippen MR) is 109 cm³/mol. The van der Waals surface area contributed by atoms with Crippen molar-refractivity contribution in [3.63, 3.8) is 0 Å². The van der Waals surface area contributed by atoms with Crippen LogP contribution in [0.15, 0.2) is 64.0 Å². The van der Waals surface area contributed by atoms with Crippen LogP contribution >= 0.6 is 11.3 Å². The lowest BCUT2D eigenvalue weighted by atomic mass is 10.1. The molecule has 0 spiro atoms. The normalized spacial score (nSPS) is 12.0. The first-order valence-electron chi connectivity index (χ1n) is 8.55. The van der Waals surface area contributed by atoms with E-state index in [1.54, 1.807) is 28.9 Å². The maximum absolute atomic E-state index is 10.9. The summed E-state index contributed by atoms with van der Waals surface area (Å²) >= 11 is 1.46. The van der Waals surface area contributed by atoms with E-state index in [9.17, 15) is 10.1 Å². The largest absolute Gasteiger partial charge is 0.269 e. The first-order valence-corrected chi connectivity index (χ1v) is 9.43. The fourth-order valence-corrected chi connectivity index (χ4v) is 3.48. The molecular formula is C20H17N5O2S. The molecule has 0 saturated heterocycles. The van der Waals surface area contributed by atoms with Crippen LogP contribution in [0.5, 0.6) is 0 Å². The fraction of sp³-hybridized carbons (Fsp3) is 0.150. The van der Waals surface area contributed by atoms with Gasteiger partial charge in [-0.3, -0.25) is 15.1 Å². The summed E-state index contributed by atoms with van der Waals surface area (Å²) in [6, 6.07) is 15.7. The highest BCUT2D eigenvalue weighted by atomic mass is 32.1. The zero-order valence-corrected chi connectivity index (χ0v) is 16.2. The van der Waals surface area contributed by atoms with Gasteiger partial charge in [-0.15, -0.1) is 11.3 Å². The first-order chi connectivity index (χ1) is 13.5. The Morgan fingerprint density at radius 3 is 2.46 bits per heavy atom. The quantitative estimate of drug-likeness (QED) is 0.370. The number of thiazole rings is 1. The summed E-state index contributed by atoms with van der Waals surface area (Å²) in [5.41, 5.74) is 3.92. The summed E-state index contributed by atoms with van der Waals surface area (Å²) in [6.45, 7) is 4.46. The Morgan fingerprint density at radius 1 is 1.21 bits per heavy atom. The summed E-state index contributed by atoms with van der Waals surface area (Å²) in [5.74, 6) is 0. The van der Waals surface area contributed by atoms with E-state index < -0.39 is 4.92 Å². The number of nitrogens with zero attached hydrogens (tertiary/aromatic N) is 5. The van der Waals surface area contributed by atoms with Gasteiger partial charge in [0.25, 0.3) is 5.69 Å². The number of benzene rings is 2. The third kappa shape index (κ3) is 4.05. The highest BCUT2D eigenvalue weighted by molar-refractivity contribution is 7.07. The Morgan fingerprint density at radius 2 is 1.89 bits per heavy atom. The van der Waals surface area contributed by atoms with Gasteiger partial charge in [0.05, 0.1) is 28.0 Å². The van der Waals surface area contributed by atoms with Crippen LogP contribution in [-0.4, -0.2) is 21.9 Å². The van der Waals surface area contributed by atoms with Gasteiger partial charge in [-0.1, -0.05) is 12.1 Å². The van der Waals surface area contributed by atoms with Crippen LogP contribution in [0.1, 0.15) is 25.0 Å². The Balaban J connectivity index is 2.08. The van der Waals surface area contributed by atoms with Gasteiger partial charge < -0.3 is 0 Å². The van der Waals surface area contributed by atoms with E-state index in [-0.39, 0.29) is 5.69 Å². The van der Waals surface area contributed by atoms with Crippen molar-refractivity contribution in [1.29, 1.82) is 5.26 Å². The molecule has 2 aromatic carbocycles. The summed E-state index contributed by atoms with van der Waals surface area (Å²) in [7, 11) is 0. The Bertz CT molecular complexity index is 1130. The molecule has 8 heteroatoms. The number of hydrogen-bond donors (Lipinski definition) is 0. The Kier molecular flexibility index (Phi) is 5.77. The van der Waals surface area contributed by atoms with Crippen molar-refractivity contribution in [3.05, 3.63) is 80.0 Å². The highest BCUT2D eigenvalue weighted by Crippen LogP contribution is 2.23. The van der Waals surface area contributed by atoms with Gasteiger partial charge in [0, 0.05) is 29.6 Å². The average molecular weight is 391 g/mol. The lowest BCUT2D eigenvalue weighted by molar-refractivity contribution is -0.384. The summed E-state index contributed by atoms with van der Waals surface area (Å²) in [5, 5.41) is 26.5. The van der Waals surface area contributed by atoms with Crippen LogP contribution in [0.3, 0.4) is 0 Å². The van der Waals surface area contributed by atoms with Crippen molar-refractivity contribution in [1.82, 2.24) is 4.68 Å². The summed E-state index contributed by atoms with van der Waals surface area (Å²) in [4.78, 5) is 15.7. The molecule has 140 valence electrons.